The van der Waals surface area contributed by atoms with Crippen molar-refractivity contribution in [2.45, 2.75) is 13.8 Å². The van der Waals surface area contributed by atoms with Crippen LogP contribution >= 0.6 is 0 Å². The first kappa shape index (κ1) is 20.4. The van der Waals surface area contributed by atoms with Gasteiger partial charge in [0.25, 0.3) is 5.91 Å². The number of nitrogens with one attached hydrogen (secondary N) is 1. The predicted octanol–water partition coefficient (Wildman–Crippen LogP) is 4.64. The van der Waals surface area contributed by atoms with Crippen LogP contribution in [-0.2, 0) is 0 Å². The number of carbonyl (C=O) groups excluding carboxylic acids is 1. The fraction of sp³-hybridized carbons (Fsp3) is 0.0833. The quantitative estimate of drug-likeness (QED) is 0.392. The van der Waals surface area contributed by atoms with Gasteiger partial charge in [0.1, 0.15) is 5.82 Å². The van der Waals surface area contributed by atoms with Gasteiger partial charge in [0.05, 0.1) is 11.4 Å². The third kappa shape index (κ3) is 3.80. The molecule has 5 rings (SSSR count). The summed E-state index contributed by atoms with van der Waals surface area (Å²) in [6.45, 7) is 3.34. The summed E-state index contributed by atoms with van der Waals surface area (Å²) in [6, 6.07) is 11.7. The summed E-state index contributed by atoms with van der Waals surface area (Å²) >= 11 is 0. The lowest BCUT2D eigenvalue weighted by molar-refractivity contribution is 0.0994. The van der Waals surface area contributed by atoms with Crippen LogP contribution in [0.2, 0.25) is 0 Å². The molecule has 3 N–H and O–H groups in total. The van der Waals surface area contributed by atoms with Crippen LogP contribution in [0.25, 0.3) is 28.2 Å². The van der Waals surface area contributed by atoms with Crippen LogP contribution in [0.5, 0.6) is 0 Å². The first-order valence-electron chi connectivity index (χ1n) is 10.1. The minimum atomic E-state index is -0.476. The fourth-order valence-corrected chi connectivity index (χ4v) is 3.64. The van der Waals surface area contributed by atoms with E-state index in [4.69, 9.17) is 10.2 Å². The molecule has 5 aromatic rings. The number of fused-ring (bicyclic) bond motifs is 1. The van der Waals surface area contributed by atoms with Gasteiger partial charge in [-0.15, -0.1) is 0 Å². The monoisotopic (exact) mass is 442 g/mol. The number of aromatic nitrogens is 4. The van der Waals surface area contributed by atoms with Crippen molar-refractivity contribution < 1.29 is 13.6 Å². The predicted molar refractivity (Wildman–Crippen MR) is 122 cm³/mol. The van der Waals surface area contributed by atoms with Crippen LogP contribution in [0.1, 0.15) is 22.1 Å². The molecule has 2 aromatic carbocycles. The molecule has 164 valence electrons. The van der Waals surface area contributed by atoms with Crippen LogP contribution in [0.3, 0.4) is 0 Å². The van der Waals surface area contributed by atoms with Gasteiger partial charge >= 0.3 is 0 Å². The Morgan fingerprint density at radius 2 is 1.91 bits per heavy atom. The van der Waals surface area contributed by atoms with Crippen molar-refractivity contribution in [2.24, 2.45) is 0 Å². The van der Waals surface area contributed by atoms with E-state index in [0.717, 1.165) is 11.1 Å². The van der Waals surface area contributed by atoms with Crippen molar-refractivity contribution in [3.05, 3.63) is 84.2 Å². The highest BCUT2D eigenvalue weighted by Crippen LogP contribution is 2.28. The number of aryl methyl sites for hydroxylation is 2. The Hall–Kier alpha value is -4.53. The highest BCUT2D eigenvalue weighted by molar-refractivity contribution is 6.03. The Morgan fingerprint density at radius 1 is 1.09 bits per heavy atom. The van der Waals surface area contributed by atoms with E-state index < -0.39 is 11.7 Å². The molecule has 1 amide bonds. The van der Waals surface area contributed by atoms with E-state index in [1.54, 1.807) is 30.6 Å². The van der Waals surface area contributed by atoms with Gasteiger partial charge in [0.2, 0.25) is 11.5 Å². The van der Waals surface area contributed by atoms with Gasteiger partial charge in [-0.1, -0.05) is 18.2 Å². The van der Waals surface area contributed by atoms with Crippen LogP contribution in [0.4, 0.5) is 15.8 Å². The molecule has 0 spiro atoms. The summed E-state index contributed by atoms with van der Waals surface area (Å²) < 4.78 is 21.7. The first-order chi connectivity index (χ1) is 15.9. The first-order valence-corrected chi connectivity index (χ1v) is 10.1. The highest BCUT2D eigenvalue weighted by Gasteiger charge is 2.18. The maximum absolute atomic E-state index is 14.7. The number of nitrogens with two attached hydrogens (primary N) is 1. The van der Waals surface area contributed by atoms with Gasteiger partial charge in [-0.3, -0.25) is 9.20 Å². The molecule has 33 heavy (non-hydrogen) atoms. The molecular weight excluding hydrogens is 423 g/mol. The molecule has 0 atom stereocenters. The number of halogens is 1. The second-order valence-electron chi connectivity index (χ2n) is 7.56. The average Bonchev–Trinajstić information content (AvgIpc) is 3.37. The highest BCUT2D eigenvalue weighted by atomic mass is 19.1. The maximum atomic E-state index is 14.7. The van der Waals surface area contributed by atoms with E-state index in [-0.39, 0.29) is 11.3 Å². The van der Waals surface area contributed by atoms with Gasteiger partial charge in [-0.05, 0) is 31.2 Å². The largest absolute Gasteiger partial charge is 0.436 e. The Balaban J connectivity index is 1.48. The molecule has 0 aliphatic carbocycles. The second-order valence-corrected chi connectivity index (χ2v) is 7.56. The maximum Gasteiger partial charge on any atom is 0.293 e. The third-order valence-electron chi connectivity index (χ3n) is 5.19. The van der Waals surface area contributed by atoms with E-state index in [9.17, 15) is 9.18 Å². The fourth-order valence-electron chi connectivity index (χ4n) is 3.64. The van der Waals surface area contributed by atoms with Gasteiger partial charge in [0, 0.05) is 53.6 Å². The molecule has 0 saturated carbocycles. The van der Waals surface area contributed by atoms with Crippen LogP contribution in [0, 0.1) is 19.7 Å². The van der Waals surface area contributed by atoms with E-state index in [0.29, 0.717) is 34.4 Å². The van der Waals surface area contributed by atoms with Crippen LogP contribution in [-0.4, -0.2) is 25.3 Å². The standard InChI is InChI=1S/C24H19FN6O2/c1-13-22(33-14(2)28-13)23(32)29-16-7-8-19(25)18(9-16)21-12-31-11-15(10-27-24(31)30-21)17-5-3-4-6-20(17)26/h3-12H,26H2,1-2H3,(H,29,32). The Morgan fingerprint density at radius 3 is 2.67 bits per heavy atom. The lowest BCUT2D eigenvalue weighted by Gasteiger charge is -2.06. The number of para-hydroxylation sites is 1. The van der Waals surface area contributed by atoms with Crippen LogP contribution < -0.4 is 11.1 Å². The summed E-state index contributed by atoms with van der Waals surface area (Å²) in [6.07, 6.45) is 5.19. The van der Waals surface area contributed by atoms with Crippen molar-refractivity contribution >= 4 is 23.1 Å². The molecule has 0 aliphatic rings. The topological polar surface area (TPSA) is 111 Å². The van der Waals surface area contributed by atoms with Crippen molar-refractivity contribution in [3.8, 4) is 22.4 Å². The molecule has 0 fully saturated rings. The zero-order valence-corrected chi connectivity index (χ0v) is 17.8. The lowest BCUT2D eigenvalue weighted by Crippen LogP contribution is -2.12. The minimum absolute atomic E-state index is 0.114. The smallest absolute Gasteiger partial charge is 0.293 e. The van der Waals surface area contributed by atoms with E-state index in [1.807, 2.05) is 30.5 Å². The average molecular weight is 442 g/mol. The van der Waals surface area contributed by atoms with Gasteiger partial charge in [-0.2, -0.15) is 0 Å². The Bertz CT molecular complexity index is 1520. The number of hydrogen-bond acceptors (Lipinski definition) is 6. The number of hydrogen-bond donors (Lipinski definition) is 2. The molecule has 0 radical (unpaired) electrons. The molecule has 0 bridgehead atoms. The second kappa shape index (κ2) is 7.86. The number of carbonyl (C=O) groups is 1. The zero-order valence-electron chi connectivity index (χ0n) is 17.8. The normalized spacial score (nSPS) is 11.1. The number of benzene rings is 2. The Labute approximate surface area is 187 Å². The Kier molecular flexibility index (Phi) is 4.86. The van der Waals surface area contributed by atoms with Gasteiger partial charge in [-0.25, -0.2) is 19.3 Å². The van der Waals surface area contributed by atoms with E-state index >= 15 is 0 Å². The molecule has 3 aromatic heterocycles. The molecule has 8 nitrogen and oxygen atoms in total. The number of nitrogens with zero attached hydrogens (tertiary/aromatic N) is 4. The van der Waals surface area contributed by atoms with Gasteiger partial charge < -0.3 is 15.5 Å². The number of rotatable bonds is 4. The number of amides is 1. The molecular formula is C24H19FN6O2. The SMILES string of the molecule is Cc1nc(C)c(C(=O)Nc2ccc(F)c(-c3cn4cc(-c5ccccc5N)cnc4n3)c2)o1. The number of oxazole rings is 1. The van der Waals surface area contributed by atoms with Gasteiger partial charge in [0.15, 0.2) is 5.89 Å². The van der Waals surface area contributed by atoms with Crippen LogP contribution in [0.15, 0.2) is 65.5 Å². The molecule has 0 unspecified atom stereocenters. The number of nitrogen functional groups attached to an aromatic ring is 1. The molecule has 3 heterocycles. The van der Waals surface area contributed by atoms with E-state index in [1.165, 1.54) is 18.2 Å². The molecule has 9 heteroatoms. The third-order valence-corrected chi connectivity index (χ3v) is 5.19. The summed E-state index contributed by atoms with van der Waals surface area (Å²) in [5.74, 6) is -0.0258. The summed E-state index contributed by atoms with van der Waals surface area (Å²) in [7, 11) is 0. The number of imidazole rings is 1. The summed E-state index contributed by atoms with van der Waals surface area (Å²) in [5, 5.41) is 2.72. The van der Waals surface area contributed by atoms with Crippen molar-refractivity contribution in [1.82, 2.24) is 19.4 Å². The van der Waals surface area contributed by atoms with Crippen molar-refractivity contribution in [3.63, 3.8) is 0 Å². The van der Waals surface area contributed by atoms with Crippen molar-refractivity contribution in [1.29, 1.82) is 0 Å². The minimum Gasteiger partial charge on any atom is -0.436 e. The number of anilines is 2. The lowest BCUT2D eigenvalue weighted by atomic mass is 10.1. The summed E-state index contributed by atoms with van der Waals surface area (Å²) in [5.41, 5.74) is 9.84. The van der Waals surface area contributed by atoms with E-state index in [2.05, 4.69) is 20.3 Å². The zero-order chi connectivity index (χ0) is 23.1. The van der Waals surface area contributed by atoms with Crippen molar-refractivity contribution in [2.75, 3.05) is 11.1 Å². The summed E-state index contributed by atoms with van der Waals surface area (Å²) in [4.78, 5) is 25.5. The molecule has 0 saturated heterocycles. The molecule has 0 aliphatic heterocycles.